The SMILES string of the molecule is CCCc1ccc2nc(Cl)c(S(N)(=O)=O)n2n1.CCCc1ccc2nc(SCC)c(S(N)(=O)=O)n2n1. The molecule has 36 heavy (non-hydrogen) atoms. The summed E-state index contributed by atoms with van der Waals surface area (Å²) in [6, 6.07) is 7.08. The van der Waals surface area contributed by atoms with Crippen molar-refractivity contribution in [1.29, 1.82) is 0 Å². The maximum absolute atomic E-state index is 11.7. The second-order valence-corrected chi connectivity index (χ2v) is 12.2. The molecule has 0 fully saturated rings. The molecule has 4 aromatic rings. The van der Waals surface area contributed by atoms with Crippen LogP contribution in [-0.4, -0.2) is 51.8 Å². The van der Waals surface area contributed by atoms with E-state index in [1.54, 1.807) is 18.2 Å². The molecule has 0 spiro atoms. The number of halogens is 1. The van der Waals surface area contributed by atoms with Crippen LogP contribution < -0.4 is 10.3 Å². The number of thioether (sulfide) groups is 1. The second-order valence-electron chi connectivity index (χ2n) is 7.64. The van der Waals surface area contributed by atoms with Gasteiger partial charge in [0.25, 0.3) is 20.0 Å². The van der Waals surface area contributed by atoms with Crippen molar-refractivity contribution >= 4 is 54.7 Å². The Kier molecular flexibility index (Phi) is 8.95. The van der Waals surface area contributed by atoms with Crippen molar-refractivity contribution in [3.05, 3.63) is 40.8 Å². The number of imidazole rings is 2. The Labute approximate surface area is 218 Å². The number of primary sulfonamides is 2. The first-order chi connectivity index (χ1) is 16.9. The molecule has 4 rings (SSSR count). The summed E-state index contributed by atoms with van der Waals surface area (Å²) >= 11 is 7.09. The molecule has 16 heteroatoms. The number of hydrogen-bond donors (Lipinski definition) is 2. The minimum Gasteiger partial charge on any atom is -0.223 e. The fraction of sp³-hybridized carbons (Fsp3) is 0.400. The van der Waals surface area contributed by atoms with Crippen LogP contribution in [0.4, 0.5) is 0 Å². The van der Waals surface area contributed by atoms with Gasteiger partial charge in [-0.05, 0) is 42.9 Å². The number of rotatable bonds is 8. The molecule has 12 nitrogen and oxygen atoms in total. The third kappa shape index (κ3) is 6.33. The molecule has 196 valence electrons. The zero-order valence-corrected chi connectivity index (χ0v) is 23.1. The van der Waals surface area contributed by atoms with E-state index in [4.69, 9.17) is 21.9 Å². The number of nitrogens with two attached hydrogens (primary N) is 2. The Morgan fingerprint density at radius 2 is 1.28 bits per heavy atom. The molecule has 4 heterocycles. The average Bonchev–Trinajstić information content (AvgIpc) is 3.30. The van der Waals surface area contributed by atoms with E-state index in [0.29, 0.717) is 22.1 Å². The third-order valence-corrected chi connectivity index (χ3v) is 7.91. The van der Waals surface area contributed by atoms with Gasteiger partial charge in [0.05, 0.1) is 11.4 Å². The van der Waals surface area contributed by atoms with E-state index >= 15 is 0 Å². The van der Waals surface area contributed by atoms with Crippen LogP contribution in [0.1, 0.15) is 45.0 Å². The van der Waals surface area contributed by atoms with Gasteiger partial charge in [0.1, 0.15) is 5.03 Å². The van der Waals surface area contributed by atoms with Crippen LogP contribution in [0.3, 0.4) is 0 Å². The number of fused-ring (bicyclic) bond motifs is 2. The van der Waals surface area contributed by atoms with Gasteiger partial charge < -0.3 is 0 Å². The largest absolute Gasteiger partial charge is 0.258 e. The highest BCUT2D eigenvalue weighted by Crippen LogP contribution is 2.26. The van der Waals surface area contributed by atoms with Crippen molar-refractivity contribution in [1.82, 2.24) is 29.2 Å². The van der Waals surface area contributed by atoms with Crippen molar-refractivity contribution < 1.29 is 16.8 Å². The fourth-order valence-electron chi connectivity index (χ4n) is 3.34. The minimum atomic E-state index is -3.94. The highest BCUT2D eigenvalue weighted by molar-refractivity contribution is 8.00. The first-order valence-corrected chi connectivity index (χ1v) is 15.5. The summed E-state index contributed by atoms with van der Waals surface area (Å²) in [6.07, 6.45) is 3.38. The quantitative estimate of drug-likeness (QED) is 0.298. The summed E-state index contributed by atoms with van der Waals surface area (Å²) in [5.41, 5.74) is 2.45. The van der Waals surface area contributed by atoms with Crippen LogP contribution in [0.15, 0.2) is 39.3 Å². The van der Waals surface area contributed by atoms with Crippen molar-refractivity contribution in [2.45, 2.75) is 61.5 Å². The molecule has 0 aliphatic heterocycles. The van der Waals surface area contributed by atoms with Crippen LogP contribution >= 0.6 is 23.4 Å². The zero-order valence-electron chi connectivity index (χ0n) is 19.9. The van der Waals surface area contributed by atoms with Gasteiger partial charge in [-0.2, -0.15) is 19.2 Å². The zero-order chi connectivity index (χ0) is 26.7. The van der Waals surface area contributed by atoms with E-state index in [1.807, 2.05) is 26.8 Å². The summed E-state index contributed by atoms with van der Waals surface area (Å²) in [5.74, 6) is 0.716. The molecule has 4 aromatic heterocycles. The Balaban J connectivity index is 0.000000202. The third-order valence-electron chi connectivity index (χ3n) is 4.75. The normalized spacial score (nSPS) is 12.2. The van der Waals surface area contributed by atoms with Crippen LogP contribution in [0.2, 0.25) is 5.15 Å². The predicted octanol–water partition coefficient (Wildman–Crippen LogP) is 2.42. The molecule has 0 unspecified atom stereocenters. The molecule has 0 saturated carbocycles. The molecule has 0 aliphatic carbocycles. The molecule has 0 radical (unpaired) electrons. The van der Waals surface area contributed by atoms with Gasteiger partial charge in [-0.3, -0.25) is 0 Å². The predicted molar refractivity (Wildman–Crippen MR) is 138 cm³/mol. The molecule has 0 saturated heterocycles. The summed E-state index contributed by atoms with van der Waals surface area (Å²) < 4.78 is 48.8. The average molecular weight is 575 g/mol. The molecule has 0 atom stereocenters. The Hall–Kier alpha value is -2.30. The second kappa shape index (κ2) is 11.4. The number of aromatic nitrogens is 6. The highest BCUT2D eigenvalue weighted by atomic mass is 35.5. The maximum atomic E-state index is 11.7. The van der Waals surface area contributed by atoms with E-state index in [2.05, 4.69) is 20.2 Å². The molecular weight excluding hydrogens is 548 g/mol. The number of hydrogen-bond acceptors (Lipinski definition) is 9. The van der Waals surface area contributed by atoms with Crippen molar-refractivity contribution in [3.63, 3.8) is 0 Å². The van der Waals surface area contributed by atoms with Gasteiger partial charge in [0, 0.05) is 0 Å². The molecule has 0 aromatic carbocycles. The number of nitrogens with zero attached hydrogens (tertiary/aromatic N) is 6. The first kappa shape index (κ1) is 28.3. The van der Waals surface area contributed by atoms with Gasteiger partial charge in [-0.15, -0.1) is 11.8 Å². The van der Waals surface area contributed by atoms with Crippen LogP contribution in [0.25, 0.3) is 11.3 Å². The standard InChI is InChI=1S/C11H16N4O2S2.C9H11ClN4O2S/c1-3-5-8-6-7-9-13-10(18-4-2)11(15(9)14-8)19(12,16)17;1-2-3-6-4-5-7-12-8(10)9(14(7)13-6)17(11,15)16/h6-7H,3-5H2,1-2H3,(H2,12,16,17);4-5H,2-3H2,1H3,(H2,11,15,16). The van der Waals surface area contributed by atoms with E-state index in [-0.39, 0.29) is 15.2 Å². The topological polar surface area (TPSA) is 181 Å². The Morgan fingerprint density at radius 3 is 1.72 bits per heavy atom. The molecule has 0 bridgehead atoms. The van der Waals surface area contributed by atoms with Gasteiger partial charge in [0.15, 0.2) is 16.4 Å². The fourth-order valence-corrected chi connectivity index (χ4v) is 6.32. The van der Waals surface area contributed by atoms with Crippen LogP contribution in [-0.2, 0) is 32.9 Å². The summed E-state index contributed by atoms with van der Waals surface area (Å²) in [7, 11) is -7.80. The van der Waals surface area contributed by atoms with Gasteiger partial charge in [-0.1, -0.05) is 45.2 Å². The molecule has 4 N–H and O–H groups in total. The van der Waals surface area contributed by atoms with Gasteiger partial charge >= 0.3 is 0 Å². The van der Waals surface area contributed by atoms with E-state index in [0.717, 1.165) is 37.1 Å². The summed E-state index contributed by atoms with van der Waals surface area (Å²) in [6.45, 7) is 5.98. The monoisotopic (exact) mass is 574 g/mol. The maximum Gasteiger partial charge on any atom is 0.258 e. The van der Waals surface area contributed by atoms with E-state index in [1.165, 1.54) is 20.8 Å². The van der Waals surface area contributed by atoms with Gasteiger partial charge in [-0.25, -0.2) is 37.1 Å². The Bertz CT molecular complexity index is 1600. The molecule has 0 aliphatic rings. The number of sulfonamides is 2. The first-order valence-electron chi connectivity index (χ1n) is 11.0. The van der Waals surface area contributed by atoms with Gasteiger partial charge in [0.2, 0.25) is 10.1 Å². The minimum absolute atomic E-state index is 0.0210. The van der Waals surface area contributed by atoms with Crippen molar-refractivity contribution in [2.75, 3.05) is 5.75 Å². The summed E-state index contributed by atoms with van der Waals surface area (Å²) in [4.78, 5) is 8.16. The van der Waals surface area contributed by atoms with E-state index in [9.17, 15) is 16.8 Å². The molecular formula is C20H27ClN8O4S3. The van der Waals surface area contributed by atoms with Crippen molar-refractivity contribution in [2.24, 2.45) is 10.3 Å². The lowest BCUT2D eigenvalue weighted by atomic mass is 10.2. The van der Waals surface area contributed by atoms with Crippen LogP contribution in [0.5, 0.6) is 0 Å². The highest BCUT2D eigenvalue weighted by Gasteiger charge is 2.23. The smallest absolute Gasteiger partial charge is 0.223 e. The lowest BCUT2D eigenvalue weighted by Gasteiger charge is -2.02. The number of aryl methyl sites for hydroxylation is 2. The van der Waals surface area contributed by atoms with Crippen molar-refractivity contribution in [3.8, 4) is 0 Å². The lowest BCUT2D eigenvalue weighted by molar-refractivity contribution is 0.584. The van der Waals surface area contributed by atoms with Crippen LogP contribution in [0, 0.1) is 0 Å². The van der Waals surface area contributed by atoms with E-state index < -0.39 is 20.0 Å². The lowest BCUT2D eigenvalue weighted by Crippen LogP contribution is -2.17. The molecule has 0 amide bonds. The Morgan fingerprint density at radius 1 is 0.806 bits per heavy atom. The summed E-state index contributed by atoms with van der Waals surface area (Å²) in [5, 5.41) is 18.8.